The van der Waals surface area contributed by atoms with Crippen molar-refractivity contribution in [3.05, 3.63) is 60.0 Å². The Morgan fingerprint density at radius 1 is 1.39 bits per heavy atom. The Kier molecular flexibility index (Phi) is 6.21. The number of aromatic nitrogens is 4. The summed E-state index contributed by atoms with van der Waals surface area (Å²) >= 11 is 8.30. The van der Waals surface area contributed by atoms with Crippen LogP contribution in [0.2, 0.25) is 5.02 Å². The lowest BCUT2D eigenvalue weighted by molar-refractivity contribution is -0.113. The van der Waals surface area contributed by atoms with Crippen molar-refractivity contribution in [2.45, 2.75) is 11.7 Å². The number of hydrogen-bond donors (Lipinski definition) is 2. The quantitative estimate of drug-likeness (QED) is 0.293. The van der Waals surface area contributed by atoms with Crippen LogP contribution in [0.5, 0.6) is 0 Å². The lowest BCUT2D eigenvalue weighted by Crippen LogP contribution is -2.14. The zero-order valence-corrected chi connectivity index (χ0v) is 18.4. The number of thioether (sulfide) groups is 1. The van der Waals surface area contributed by atoms with Gasteiger partial charge in [-0.2, -0.15) is 0 Å². The number of benzene rings is 1. The summed E-state index contributed by atoms with van der Waals surface area (Å²) in [7, 11) is 0. The van der Waals surface area contributed by atoms with Gasteiger partial charge in [0.05, 0.1) is 21.3 Å². The van der Waals surface area contributed by atoms with Gasteiger partial charge in [-0.3, -0.25) is 9.36 Å². The Bertz CT molecular complexity index is 1290. The van der Waals surface area contributed by atoms with Gasteiger partial charge >= 0.3 is 0 Å². The molecule has 11 heteroatoms. The summed E-state index contributed by atoms with van der Waals surface area (Å²) in [5.41, 5.74) is 7.24. The van der Waals surface area contributed by atoms with Crippen LogP contribution in [-0.4, -0.2) is 31.4 Å². The van der Waals surface area contributed by atoms with E-state index in [2.05, 4.69) is 27.1 Å². The van der Waals surface area contributed by atoms with Crippen LogP contribution in [0.4, 0.5) is 15.8 Å². The number of nitrogens with zero attached hydrogens (tertiary/aromatic N) is 4. The van der Waals surface area contributed by atoms with Gasteiger partial charge in [0.25, 0.3) is 0 Å². The van der Waals surface area contributed by atoms with E-state index in [1.807, 2.05) is 16.7 Å². The zero-order chi connectivity index (χ0) is 22.0. The Hall–Kier alpha value is -2.95. The van der Waals surface area contributed by atoms with Gasteiger partial charge in [-0.1, -0.05) is 29.4 Å². The zero-order valence-electron chi connectivity index (χ0n) is 16.0. The standard InChI is InChI=1S/C20H16ClFN6OS2/c1-2-8-28-18(17-16(23)12-4-3-7-24-19(12)31-17)26-27-20(28)30-10-15(29)25-11-5-6-13(21)14(22)9-11/h2-7,9H,1,8,10,23H2,(H,25,29). The SMILES string of the molecule is C=CCn1c(SCC(=O)Nc2ccc(Cl)c(F)c2)nnc1-c1sc2ncccc2c1N. The molecule has 0 aliphatic carbocycles. The fourth-order valence-electron chi connectivity index (χ4n) is 2.88. The van der Waals surface area contributed by atoms with E-state index in [4.69, 9.17) is 17.3 Å². The number of carbonyl (C=O) groups is 1. The van der Waals surface area contributed by atoms with E-state index < -0.39 is 5.82 Å². The van der Waals surface area contributed by atoms with E-state index in [1.54, 1.807) is 12.3 Å². The lowest BCUT2D eigenvalue weighted by atomic mass is 10.2. The third-order valence-electron chi connectivity index (χ3n) is 4.27. The molecule has 0 bridgehead atoms. The summed E-state index contributed by atoms with van der Waals surface area (Å²) in [6.45, 7) is 4.23. The monoisotopic (exact) mass is 474 g/mol. The average Bonchev–Trinajstić information content (AvgIpc) is 3.30. The fourth-order valence-corrected chi connectivity index (χ4v) is 4.80. The Morgan fingerprint density at radius 2 is 2.23 bits per heavy atom. The van der Waals surface area contributed by atoms with Crippen LogP contribution >= 0.6 is 34.7 Å². The molecule has 0 aliphatic heterocycles. The van der Waals surface area contributed by atoms with Gasteiger partial charge < -0.3 is 11.1 Å². The summed E-state index contributed by atoms with van der Waals surface area (Å²) in [6.07, 6.45) is 3.43. The molecule has 0 aliphatic rings. The molecule has 0 radical (unpaired) electrons. The number of nitrogens with two attached hydrogens (primary N) is 1. The summed E-state index contributed by atoms with van der Waals surface area (Å²) in [5.74, 6) is -0.267. The number of carbonyl (C=O) groups excluding carboxylic acids is 1. The highest BCUT2D eigenvalue weighted by Crippen LogP contribution is 2.39. The van der Waals surface area contributed by atoms with Crippen LogP contribution in [0.1, 0.15) is 0 Å². The van der Waals surface area contributed by atoms with Crippen molar-refractivity contribution in [2.75, 3.05) is 16.8 Å². The Labute approximate surface area is 190 Å². The highest BCUT2D eigenvalue weighted by Gasteiger charge is 2.20. The molecular weight excluding hydrogens is 459 g/mol. The predicted molar refractivity (Wildman–Crippen MR) is 124 cm³/mol. The van der Waals surface area contributed by atoms with Gasteiger partial charge in [0, 0.05) is 23.8 Å². The fraction of sp³-hybridized carbons (Fsp3) is 0.100. The second-order valence-corrected chi connectivity index (χ2v) is 8.72. The normalized spacial score (nSPS) is 11.0. The van der Waals surface area contributed by atoms with E-state index in [9.17, 15) is 9.18 Å². The molecule has 1 aromatic carbocycles. The molecular formula is C20H16ClFN6OS2. The van der Waals surface area contributed by atoms with Crippen molar-refractivity contribution in [1.82, 2.24) is 19.7 Å². The molecule has 0 unspecified atom stereocenters. The van der Waals surface area contributed by atoms with Crippen molar-refractivity contribution in [2.24, 2.45) is 0 Å². The van der Waals surface area contributed by atoms with Gasteiger partial charge in [-0.25, -0.2) is 9.37 Å². The highest BCUT2D eigenvalue weighted by atomic mass is 35.5. The highest BCUT2D eigenvalue weighted by molar-refractivity contribution is 7.99. The van der Waals surface area contributed by atoms with Gasteiger partial charge in [0.15, 0.2) is 11.0 Å². The van der Waals surface area contributed by atoms with E-state index >= 15 is 0 Å². The average molecular weight is 475 g/mol. The number of rotatable bonds is 7. The van der Waals surface area contributed by atoms with E-state index in [1.165, 1.54) is 41.3 Å². The van der Waals surface area contributed by atoms with Gasteiger partial charge in [0.1, 0.15) is 10.6 Å². The van der Waals surface area contributed by atoms with Crippen LogP contribution in [-0.2, 0) is 11.3 Å². The number of fused-ring (bicyclic) bond motifs is 1. The Balaban J connectivity index is 1.54. The number of hydrogen-bond acceptors (Lipinski definition) is 7. The smallest absolute Gasteiger partial charge is 0.234 e. The van der Waals surface area contributed by atoms with Gasteiger partial charge in [-0.15, -0.1) is 28.1 Å². The first-order valence-corrected chi connectivity index (χ1v) is 11.2. The van der Waals surface area contributed by atoms with Crippen LogP contribution < -0.4 is 11.1 Å². The maximum atomic E-state index is 13.6. The minimum absolute atomic E-state index is 0.00635. The van der Waals surface area contributed by atoms with Gasteiger partial charge in [-0.05, 0) is 30.3 Å². The molecule has 0 atom stereocenters. The summed E-state index contributed by atoms with van der Waals surface area (Å²) in [5, 5.41) is 12.6. The first-order valence-electron chi connectivity index (χ1n) is 9.03. The second kappa shape index (κ2) is 9.04. The van der Waals surface area contributed by atoms with Crippen LogP contribution in [0, 0.1) is 5.82 Å². The van der Waals surface area contributed by atoms with Crippen LogP contribution in [0.25, 0.3) is 20.9 Å². The number of halogens is 2. The number of allylic oxidation sites excluding steroid dienone is 1. The number of nitrogens with one attached hydrogen (secondary N) is 1. The summed E-state index contributed by atoms with van der Waals surface area (Å²) < 4.78 is 15.4. The van der Waals surface area contributed by atoms with Crippen molar-refractivity contribution in [3.8, 4) is 10.7 Å². The minimum atomic E-state index is -0.599. The van der Waals surface area contributed by atoms with E-state index in [-0.39, 0.29) is 16.7 Å². The van der Waals surface area contributed by atoms with Crippen LogP contribution in [0.15, 0.2) is 54.3 Å². The van der Waals surface area contributed by atoms with Crippen molar-refractivity contribution in [3.63, 3.8) is 0 Å². The molecule has 4 rings (SSSR count). The molecule has 3 aromatic heterocycles. The maximum absolute atomic E-state index is 13.6. The molecule has 0 spiro atoms. The molecule has 158 valence electrons. The number of thiophene rings is 1. The largest absolute Gasteiger partial charge is 0.397 e. The van der Waals surface area contributed by atoms with Crippen LogP contribution in [0.3, 0.4) is 0 Å². The molecule has 7 nitrogen and oxygen atoms in total. The van der Waals surface area contributed by atoms with E-state index in [0.717, 1.165) is 15.1 Å². The lowest BCUT2D eigenvalue weighted by Gasteiger charge is -2.08. The third-order valence-corrected chi connectivity index (χ3v) is 6.67. The van der Waals surface area contributed by atoms with Crippen molar-refractivity contribution >= 4 is 62.2 Å². The molecule has 0 fully saturated rings. The molecule has 0 saturated heterocycles. The summed E-state index contributed by atoms with van der Waals surface area (Å²) in [6, 6.07) is 7.82. The summed E-state index contributed by atoms with van der Waals surface area (Å²) in [4.78, 5) is 18.2. The molecule has 0 saturated carbocycles. The molecule has 1 amide bonds. The molecule has 4 aromatic rings. The molecule has 3 N–H and O–H groups in total. The predicted octanol–water partition coefficient (Wildman–Crippen LogP) is 4.85. The van der Waals surface area contributed by atoms with E-state index in [0.29, 0.717) is 28.9 Å². The first-order chi connectivity index (χ1) is 15.0. The number of anilines is 2. The van der Waals surface area contributed by atoms with Crippen molar-refractivity contribution in [1.29, 1.82) is 0 Å². The molecule has 31 heavy (non-hydrogen) atoms. The van der Waals surface area contributed by atoms with Crippen molar-refractivity contribution < 1.29 is 9.18 Å². The number of nitrogen functional groups attached to an aromatic ring is 1. The minimum Gasteiger partial charge on any atom is -0.397 e. The van der Waals surface area contributed by atoms with Gasteiger partial charge in [0.2, 0.25) is 5.91 Å². The Morgan fingerprint density at radius 3 is 2.97 bits per heavy atom. The third kappa shape index (κ3) is 4.41. The maximum Gasteiger partial charge on any atom is 0.234 e. The first kappa shape index (κ1) is 21.3. The number of amides is 1. The molecule has 3 heterocycles. The number of pyridine rings is 1. The second-order valence-electron chi connectivity index (χ2n) is 6.37. The topological polar surface area (TPSA) is 98.7 Å².